The zero-order valence-corrected chi connectivity index (χ0v) is 11.6. The number of nitrogens with zero attached hydrogens (tertiary/aromatic N) is 1. The van der Waals surface area contributed by atoms with Crippen molar-refractivity contribution in [3.05, 3.63) is 24.3 Å². The molecule has 1 aromatic rings. The molecule has 1 atom stereocenters. The van der Waals surface area contributed by atoms with Gasteiger partial charge in [-0.25, -0.2) is 0 Å². The molecule has 1 saturated heterocycles. The maximum absolute atomic E-state index is 6.09. The minimum Gasteiger partial charge on any atom is -0.494 e. The van der Waals surface area contributed by atoms with E-state index in [9.17, 15) is 0 Å². The molecule has 1 unspecified atom stereocenters. The number of benzene rings is 1. The number of nitrogens with two attached hydrogens (primary N) is 1. The van der Waals surface area contributed by atoms with Gasteiger partial charge in [0.1, 0.15) is 5.75 Å². The second-order valence-corrected chi connectivity index (χ2v) is 5.65. The van der Waals surface area contributed by atoms with E-state index in [4.69, 9.17) is 10.5 Å². The first-order chi connectivity index (χ1) is 8.53. The standard InChI is InChI=1S/C15H24N2O/c1-4-18-14-7-5-13(6-8-14)17-11-12(16)9-10-15(17,2)3/h5-8,12H,4,9-11,16H2,1-3H3. The van der Waals surface area contributed by atoms with Crippen LogP contribution in [0.25, 0.3) is 0 Å². The van der Waals surface area contributed by atoms with E-state index in [1.165, 1.54) is 5.69 Å². The lowest BCUT2D eigenvalue weighted by Gasteiger charge is -2.46. The molecule has 2 N–H and O–H groups in total. The molecule has 0 spiro atoms. The molecule has 3 heteroatoms. The van der Waals surface area contributed by atoms with Crippen molar-refractivity contribution in [3.63, 3.8) is 0 Å². The van der Waals surface area contributed by atoms with E-state index in [1.54, 1.807) is 0 Å². The molecule has 1 aromatic carbocycles. The molecular weight excluding hydrogens is 224 g/mol. The zero-order chi connectivity index (χ0) is 13.2. The van der Waals surface area contributed by atoms with Crippen molar-refractivity contribution in [2.45, 2.75) is 45.2 Å². The SMILES string of the molecule is CCOc1ccc(N2CC(N)CCC2(C)C)cc1. The summed E-state index contributed by atoms with van der Waals surface area (Å²) in [5.74, 6) is 0.931. The van der Waals surface area contributed by atoms with Crippen LogP contribution in [0.5, 0.6) is 5.75 Å². The summed E-state index contributed by atoms with van der Waals surface area (Å²) in [7, 11) is 0. The molecule has 1 fully saturated rings. The Labute approximate surface area is 110 Å². The highest BCUT2D eigenvalue weighted by Gasteiger charge is 2.32. The maximum atomic E-state index is 6.09. The van der Waals surface area contributed by atoms with Gasteiger partial charge < -0.3 is 15.4 Å². The van der Waals surface area contributed by atoms with Gasteiger partial charge in [-0.1, -0.05) is 0 Å². The average Bonchev–Trinajstić information content (AvgIpc) is 2.34. The Kier molecular flexibility index (Phi) is 3.81. The second kappa shape index (κ2) is 5.19. The Morgan fingerprint density at radius 3 is 2.61 bits per heavy atom. The van der Waals surface area contributed by atoms with Crippen molar-refractivity contribution in [3.8, 4) is 5.75 Å². The quantitative estimate of drug-likeness (QED) is 0.894. The van der Waals surface area contributed by atoms with Gasteiger partial charge in [0, 0.05) is 23.8 Å². The lowest BCUT2D eigenvalue weighted by molar-refractivity contribution is 0.333. The molecule has 18 heavy (non-hydrogen) atoms. The van der Waals surface area contributed by atoms with Crippen LogP contribution in [0.1, 0.15) is 33.6 Å². The third kappa shape index (κ3) is 2.78. The van der Waals surface area contributed by atoms with Crippen molar-refractivity contribution in [2.24, 2.45) is 5.73 Å². The van der Waals surface area contributed by atoms with Crippen LogP contribution in [0, 0.1) is 0 Å². The summed E-state index contributed by atoms with van der Waals surface area (Å²) in [4.78, 5) is 2.41. The molecule has 0 saturated carbocycles. The molecular formula is C15H24N2O. The first-order valence-corrected chi connectivity index (χ1v) is 6.79. The first-order valence-electron chi connectivity index (χ1n) is 6.79. The van der Waals surface area contributed by atoms with Crippen molar-refractivity contribution in [2.75, 3.05) is 18.1 Å². The van der Waals surface area contributed by atoms with Crippen LogP contribution < -0.4 is 15.4 Å². The Hall–Kier alpha value is -1.22. The van der Waals surface area contributed by atoms with Gasteiger partial charge in [0.2, 0.25) is 0 Å². The van der Waals surface area contributed by atoms with E-state index in [0.29, 0.717) is 6.61 Å². The van der Waals surface area contributed by atoms with Gasteiger partial charge >= 0.3 is 0 Å². The van der Waals surface area contributed by atoms with Gasteiger partial charge in [-0.3, -0.25) is 0 Å². The summed E-state index contributed by atoms with van der Waals surface area (Å²) in [6.07, 6.45) is 2.25. The molecule has 1 heterocycles. The molecule has 0 amide bonds. The number of rotatable bonds is 3. The van der Waals surface area contributed by atoms with Gasteiger partial charge in [-0.15, -0.1) is 0 Å². The highest BCUT2D eigenvalue weighted by Crippen LogP contribution is 2.32. The Morgan fingerprint density at radius 1 is 1.33 bits per heavy atom. The summed E-state index contributed by atoms with van der Waals surface area (Å²) >= 11 is 0. The Bertz CT molecular complexity index is 386. The molecule has 100 valence electrons. The lowest BCUT2D eigenvalue weighted by atomic mass is 9.88. The van der Waals surface area contributed by atoms with E-state index >= 15 is 0 Å². The van der Waals surface area contributed by atoms with Crippen molar-refractivity contribution in [1.29, 1.82) is 0 Å². The fourth-order valence-electron chi connectivity index (χ4n) is 2.59. The van der Waals surface area contributed by atoms with Gasteiger partial charge in [-0.05, 0) is 57.9 Å². The molecule has 1 aliphatic heterocycles. The number of hydrogen-bond donors (Lipinski definition) is 1. The zero-order valence-electron chi connectivity index (χ0n) is 11.6. The van der Waals surface area contributed by atoms with Crippen molar-refractivity contribution >= 4 is 5.69 Å². The largest absolute Gasteiger partial charge is 0.494 e. The molecule has 0 bridgehead atoms. The first kappa shape index (κ1) is 13.2. The minimum absolute atomic E-state index is 0.184. The predicted molar refractivity (Wildman–Crippen MR) is 76.2 cm³/mol. The Morgan fingerprint density at radius 2 is 2.00 bits per heavy atom. The van der Waals surface area contributed by atoms with Crippen LogP contribution in [0.15, 0.2) is 24.3 Å². The fourth-order valence-corrected chi connectivity index (χ4v) is 2.59. The number of hydrogen-bond acceptors (Lipinski definition) is 3. The fraction of sp³-hybridized carbons (Fsp3) is 0.600. The molecule has 3 nitrogen and oxygen atoms in total. The smallest absolute Gasteiger partial charge is 0.119 e. The van der Waals surface area contributed by atoms with Crippen LogP contribution in [-0.4, -0.2) is 24.7 Å². The van der Waals surface area contributed by atoms with Crippen LogP contribution in [-0.2, 0) is 0 Å². The number of anilines is 1. The van der Waals surface area contributed by atoms with E-state index in [-0.39, 0.29) is 11.6 Å². The third-order valence-electron chi connectivity index (χ3n) is 3.73. The van der Waals surface area contributed by atoms with Gasteiger partial charge in [0.15, 0.2) is 0 Å². The van der Waals surface area contributed by atoms with Gasteiger partial charge in [0.05, 0.1) is 6.61 Å². The van der Waals surface area contributed by atoms with E-state index in [1.807, 2.05) is 19.1 Å². The summed E-state index contributed by atoms with van der Waals surface area (Å²) in [6, 6.07) is 8.62. The van der Waals surface area contributed by atoms with Crippen LogP contribution >= 0.6 is 0 Å². The topological polar surface area (TPSA) is 38.5 Å². The normalized spacial score (nSPS) is 22.9. The predicted octanol–water partition coefficient (Wildman–Crippen LogP) is 2.79. The monoisotopic (exact) mass is 248 g/mol. The second-order valence-electron chi connectivity index (χ2n) is 5.65. The van der Waals surface area contributed by atoms with E-state index < -0.39 is 0 Å². The molecule has 0 aliphatic carbocycles. The molecule has 0 aromatic heterocycles. The summed E-state index contributed by atoms with van der Waals surface area (Å²) in [6.45, 7) is 8.21. The van der Waals surface area contributed by atoms with Gasteiger partial charge in [0.25, 0.3) is 0 Å². The minimum atomic E-state index is 0.184. The molecule has 1 aliphatic rings. The number of ether oxygens (including phenoxy) is 1. The van der Waals surface area contributed by atoms with E-state index in [0.717, 1.165) is 25.1 Å². The molecule has 0 radical (unpaired) electrons. The van der Waals surface area contributed by atoms with Crippen LogP contribution in [0.4, 0.5) is 5.69 Å². The highest BCUT2D eigenvalue weighted by molar-refractivity contribution is 5.52. The number of piperidine rings is 1. The van der Waals surface area contributed by atoms with Crippen molar-refractivity contribution in [1.82, 2.24) is 0 Å². The summed E-state index contributed by atoms with van der Waals surface area (Å²) in [5.41, 5.74) is 7.51. The summed E-state index contributed by atoms with van der Waals surface area (Å²) in [5, 5.41) is 0. The van der Waals surface area contributed by atoms with E-state index in [2.05, 4.69) is 30.9 Å². The Balaban J connectivity index is 2.18. The van der Waals surface area contributed by atoms with Crippen LogP contribution in [0.3, 0.4) is 0 Å². The van der Waals surface area contributed by atoms with Gasteiger partial charge in [-0.2, -0.15) is 0 Å². The lowest BCUT2D eigenvalue weighted by Crippen LogP contribution is -2.54. The third-order valence-corrected chi connectivity index (χ3v) is 3.73. The van der Waals surface area contributed by atoms with Crippen molar-refractivity contribution < 1.29 is 4.74 Å². The molecule has 2 rings (SSSR count). The average molecular weight is 248 g/mol. The maximum Gasteiger partial charge on any atom is 0.119 e. The van der Waals surface area contributed by atoms with Crippen LogP contribution in [0.2, 0.25) is 0 Å². The summed E-state index contributed by atoms with van der Waals surface area (Å²) < 4.78 is 5.48. The highest BCUT2D eigenvalue weighted by atomic mass is 16.5.